The summed E-state index contributed by atoms with van der Waals surface area (Å²) in [6.45, 7) is 4.33. The molecule has 1 saturated heterocycles. The van der Waals surface area contributed by atoms with Crippen LogP contribution in [0.25, 0.3) is 11.0 Å². The van der Waals surface area contributed by atoms with Crippen LogP contribution in [0.3, 0.4) is 0 Å². The van der Waals surface area contributed by atoms with E-state index in [0.29, 0.717) is 28.1 Å². The van der Waals surface area contributed by atoms with Gasteiger partial charge in [0.2, 0.25) is 0 Å². The molecule has 4 atom stereocenters. The highest BCUT2D eigenvalue weighted by molar-refractivity contribution is 7.88. The van der Waals surface area contributed by atoms with Crippen molar-refractivity contribution in [3.05, 3.63) is 48.4 Å². The van der Waals surface area contributed by atoms with Crippen molar-refractivity contribution >= 4 is 38.8 Å². The first-order chi connectivity index (χ1) is 17.9. The predicted octanol–water partition coefficient (Wildman–Crippen LogP) is 1.13. The van der Waals surface area contributed by atoms with E-state index in [1.54, 1.807) is 49.9 Å². The second-order valence-electron chi connectivity index (χ2n) is 9.53. The fourth-order valence-electron chi connectivity index (χ4n) is 3.86. The lowest BCUT2D eigenvalue weighted by atomic mass is 10.1. The minimum Gasteiger partial charge on any atom is -0.443 e. The number of aromatic nitrogens is 3. The standard InChI is InChI=1S/C24H28N6O7S/c1-5-14-7-6-8-15(11-14)28-20-16-9-10-30(21(16)26-13-25-20)22-19(32)18(31)17(36-22)12-27-38(34,35)29-23(33)37-24(2,3)4/h1,6-11,13,17-19,22,27,31-32H,12H2,2-4H3,(H,29,33)(H,25,26,28)/t17-,18-,19-,22-/m1/s1. The summed E-state index contributed by atoms with van der Waals surface area (Å²) in [4.78, 5) is 20.4. The first-order valence-corrected chi connectivity index (χ1v) is 13.0. The van der Waals surface area contributed by atoms with E-state index in [0.717, 1.165) is 0 Å². The van der Waals surface area contributed by atoms with Crippen molar-refractivity contribution in [1.82, 2.24) is 24.0 Å². The van der Waals surface area contributed by atoms with Crippen LogP contribution >= 0.6 is 0 Å². The van der Waals surface area contributed by atoms with Gasteiger partial charge in [-0.1, -0.05) is 12.0 Å². The maximum Gasteiger partial charge on any atom is 0.422 e. The number of aliphatic hydroxyl groups excluding tert-OH is 2. The molecule has 0 aliphatic carbocycles. The Kier molecular flexibility index (Phi) is 7.58. The molecule has 14 heteroatoms. The Bertz CT molecular complexity index is 1480. The smallest absolute Gasteiger partial charge is 0.422 e. The van der Waals surface area contributed by atoms with Crippen LogP contribution in [0.4, 0.5) is 16.3 Å². The van der Waals surface area contributed by atoms with Crippen LogP contribution in [0, 0.1) is 12.3 Å². The summed E-state index contributed by atoms with van der Waals surface area (Å²) in [5.41, 5.74) is 0.913. The topological polar surface area (TPSA) is 177 Å². The summed E-state index contributed by atoms with van der Waals surface area (Å²) in [5.74, 6) is 3.05. The summed E-state index contributed by atoms with van der Waals surface area (Å²) >= 11 is 0. The van der Waals surface area contributed by atoms with E-state index in [4.69, 9.17) is 15.9 Å². The Morgan fingerprint density at radius 3 is 2.71 bits per heavy atom. The van der Waals surface area contributed by atoms with Crippen molar-refractivity contribution in [2.24, 2.45) is 0 Å². The molecule has 0 unspecified atom stereocenters. The molecule has 3 heterocycles. The van der Waals surface area contributed by atoms with Gasteiger partial charge in [-0.05, 0) is 45.0 Å². The molecule has 1 aromatic carbocycles. The van der Waals surface area contributed by atoms with Gasteiger partial charge in [0.15, 0.2) is 6.23 Å². The van der Waals surface area contributed by atoms with Gasteiger partial charge >= 0.3 is 16.3 Å². The first kappa shape index (κ1) is 27.3. The van der Waals surface area contributed by atoms with Crippen LogP contribution in [-0.2, 0) is 19.7 Å². The van der Waals surface area contributed by atoms with Gasteiger partial charge in [0.1, 0.15) is 41.7 Å². The van der Waals surface area contributed by atoms with Gasteiger partial charge in [-0.15, -0.1) is 6.42 Å². The summed E-state index contributed by atoms with van der Waals surface area (Å²) in [7, 11) is -4.32. The Balaban J connectivity index is 1.47. The molecule has 5 N–H and O–H groups in total. The number of amides is 1. The van der Waals surface area contributed by atoms with Crippen molar-refractivity contribution in [1.29, 1.82) is 0 Å². The first-order valence-electron chi connectivity index (χ1n) is 11.5. The van der Waals surface area contributed by atoms with E-state index in [-0.39, 0.29) is 0 Å². The predicted molar refractivity (Wildman–Crippen MR) is 137 cm³/mol. The number of anilines is 2. The van der Waals surface area contributed by atoms with Crippen molar-refractivity contribution in [2.75, 3.05) is 11.9 Å². The van der Waals surface area contributed by atoms with Crippen LogP contribution in [0.2, 0.25) is 0 Å². The molecular weight excluding hydrogens is 516 g/mol. The van der Waals surface area contributed by atoms with E-state index in [2.05, 4.69) is 25.9 Å². The average Bonchev–Trinajstić information content (AvgIpc) is 3.38. The average molecular weight is 545 g/mol. The molecular formula is C24H28N6O7S. The van der Waals surface area contributed by atoms with E-state index in [1.165, 1.54) is 10.9 Å². The third-order valence-corrected chi connectivity index (χ3v) is 6.49. The van der Waals surface area contributed by atoms with Gasteiger partial charge in [-0.2, -0.15) is 13.1 Å². The van der Waals surface area contributed by atoms with Gasteiger partial charge in [0.05, 0.1) is 5.39 Å². The summed E-state index contributed by atoms with van der Waals surface area (Å²) < 4.78 is 40.5. The van der Waals surface area contributed by atoms with Crippen LogP contribution < -0.4 is 14.8 Å². The van der Waals surface area contributed by atoms with Crippen molar-refractivity contribution in [3.63, 3.8) is 0 Å². The highest BCUT2D eigenvalue weighted by Crippen LogP contribution is 2.33. The van der Waals surface area contributed by atoms with Gasteiger partial charge in [-0.25, -0.2) is 19.5 Å². The molecule has 0 spiro atoms. The lowest BCUT2D eigenvalue weighted by molar-refractivity contribution is -0.0327. The van der Waals surface area contributed by atoms with Crippen molar-refractivity contribution in [3.8, 4) is 12.3 Å². The van der Waals surface area contributed by atoms with Crippen LogP contribution in [0.1, 0.15) is 32.6 Å². The van der Waals surface area contributed by atoms with Gasteiger partial charge in [0.25, 0.3) is 0 Å². The number of hydrogen-bond acceptors (Lipinski definition) is 10. The van der Waals surface area contributed by atoms with Crippen molar-refractivity contribution < 1.29 is 32.9 Å². The summed E-state index contributed by atoms with van der Waals surface area (Å²) in [6, 6.07) is 8.93. The highest BCUT2D eigenvalue weighted by atomic mass is 32.2. The maximum absolute atomic E-state index is 12.2. The largest absolute Gasteiger partial charge is 0.443 e. The number of benzene rings is 1. The second kappa shape index (κ2) is 10.6. The molecule has 2 aromatic heterocycles. The van der Waals surface area contributed by atoms with E-state index in [1.807, 2.05) is 12.1 Å². The minimum absolute atomic E-state index is 0.402. The highest BCUT2D eigenvalue weighted by Gasteiger charge is 2.44. The zero-order chi connectivity index (χ0) is 27.7. The summed E-state index contributed by atoms with van der Waals surface area (Å²) in [6.07, 6.45) is 2.20. The van der Waals surface area contributed by atoms with Gasteiger partial charge in [0, 0.05) is 24.0 Å². The number of hydrogen-bond donors (Lipinski definition) is 5. The lowest BCUT2D eigenvalue weighted by Gasteiger charge is -2.20. The van der Waals surface area contributed by atoms with Crippen LogP contribution in [0.5, 0.6) is 0 Å². The number of aliphatic hydroxyl groups is 2. The van der Waals surface area contributed by atoms with Gasteiger partial charge < -0.3 is 29.6 Å². The molecule has 1 aliphatic heterocycles. The second-order valence-corrected chi connectivity index (χ2v) is 11.0. The van der Waals surface area contributed by atoms with E-state index >= 15 is 0 Å². The third-order valence-electron chi connectivity index (χ3n) is 5.50. The quantitative estimate of drug-likeness (QED) is 0.271. The van der Waals surface area contributed by atoms with E-state index in [9.17, 15) is 23.4 Å². The van der Waals surface area contributed by atoms with Crippen molar-refractivity contribution in [2.45, 2.75) is 50.9 Å². The molecule has 3 aromatic rings. The van der Waals surface area contributed by atoms with Gasteiger partial charge in [-0.3, -0.25) is 0 Å². The molecule has 1 amide bonds. The molecule has 0 radical (unpaired) electrons. The molecule has 0 bridgehead atoms. The molecule has 1 aliphatic rings. The molecule has 4 rings (SSSR count). The zero-order valence-electron chi connectivity index (χ0n) is 20.8. The maximum atomic E-state index is 12.2. The number of rotatable bonds is 7. The fraction of sp³-hybridized carbons (Fsp3) is 0.375. The van der Waals surface area contributed by atoms with E-state index < -0.39 is 53.0 Å². The number of carbonyl (C=O) groups is 1. The van der Waals surface area contributed by atoms with Crippen LogP contribution in [0.15, 0.2) is 42.9 Å². The minimum atomic E-state index is -4.32. The Morgan fingerprint density at radius 1 is 1.24 bits per heavy atom. The Morgan fingerprint density at radius 2 is 2.00 bits per heavy atom. The zero-order valence-corrected chi connectivity index (χ0v) is 21.6. The molecule has 0 saturated carbocycles. The fourth-order valence-corrected chi connectivity index (χ4v) is 4.58. The third kappa shape index (κ3) is 6.21. The number of fused-ring (bicyclic) bond motifs is 1. The Hall–Kier alpha value is -3.74. The normalized spacial score (nSPS) is 21.7. The molecule has 13 nitrogen and oxygen atoms in total. The number of terminal acetylenes is 1. The summed E-state index contributed by atoms with van der Waals surface area (Å²) in [5, 5.41) is 25.0. The monoisotopic (exact) mass is 544 g/mol. The number of nitrogens with zero attached hydrogens (tertiary/aromatic N) is 3. The lowest BCUT2D eigenvalue weighted by Crippen LogP contribution is -2.46. The number of ether oxygens (including phenoxy) is 2. The molecule has 38 heavy (non-hydrogen) atoms. The van der Waals surface area contributed by atoms with Crippen LogP contribution in [-0.4, -0.2) is 69.7 Å². The SMILES string of the molecule is C#Cc1cccc(Nc2ncnc3c2ccn3[C@@H]2O[C@H](CNS(=O)(=O)NC(=O)OC(C)(C)C)[C@@H](O)[C@H]2O)c1. The number of carbonyl (C=O) groups excluding carboxylic acids is 1. The molecule has 202 valence electrons. The molecule has 1 fully saturated rings. The number of nitrogens with one attached hydrogen (secondary N) is 3. The Labute approximate surface area is 219 Å².